The maximum Gasteiger partial charge on any atom is 0.253 e. The van der Waals surface area contributed by atoms with E-state index in [2.05, 4.69) is 10.8 Å². The van der Waals surface area contributed by atoms with Crippen LogP contribution in [0.25, 0.3) is 10.2 Å². The van der Waals surface area contributed by atoms with Gasteiger partial charge in [-0.15, -0.1) is 11.3 Å². The summed E-state index contributed by atoms with van der Waals surface area (Å²) in [6.45, 7) is 1.22. The molecule has 1 saturated heterocycles. The van der Waals surface area contributed by atoms with Gasteiger partial charge in [0.1, 0.15) is 10.6 Å². The van der Waals surface area contributed by atoms with E-state index in [1.54, 1.807) is 23.5 Å². The Balaban J connectivity index is 1.37. The number of piperidine rings is 1. The number of amides is 1. The number of thiazole rings is 1. The van der Waals surface area contributed by atoms with E-state index in [9.17, 15) is 13.2 Å². The number of nitrogens with zero attached hydrogens (tertiary/aromatic N) is 2. The number of sulfonamides is 1. The molecule has 7 nitrogen and oxygen atoms in total. The quantitative estimate of drug-likeness (QED) is 0.538. The van der Waals surface area contributed by atoms with E-state index in [0.29, 0.717) is 18.7 Å². The molecule has 1 aliphatic heterocycles. The highest BCUT2D eigenvalue weighted by Gasteiger charge is 2.30. The number of methoxy groups -OCH3 is 1. The first-order chi connectivity index (χ1) is 16.4. The van der Waals surface area contributed by atoms with E-state index in [-0.39, 0.29) is 28.5 Å². The second-order valence-corrected chi connectivity index (χ2v) is 11.8. The second-order valence-electron chi connectivity index (χ2n) is 9.08. The van der Waals surface area contributed by atoms with E-state index in [1.807, 2.05) is 23.1 Å². The third-order valence-electron chi connectivity index (χ3n) is 6.75. The number of hydrogen-bond acceptors (Lipinski definition) is 6. The van der Waals surface area contributed by atoms with E-state index in [4.69, 9.17) is 9.72 Å². The first-order valence-electron chi connectivity index (χ1n) is 11.8. The molecule has 180 valence electrons. The van der Waals surface area contributed by atoms with E-state index in [0.717, 1.165) is 53.7 Å². The third-order valence-corrected chi connectivity index (χ3v) is 9.49. The van der Waals surface area contributed by atoms with Crippen LogP contribution in [0.3, 0.4) is 0 Å². The molecule has 2 aliphatic rings. The first-order valence-corrected chi connectivity index (χ1v) is 14.1. The van der Waals surface area contributed by atoms with Gasteiger partial charge in [-0.2, -0.15) is 0 Å². The molecule has 1 unspecified atom stereocenters. The smallest absolute Gasteiger partial charge is 0.253 e. The Kier molecular flexibility index (Phi) is 6.59. The largest absolute Gasteiger partial charge is 0.495 e. The van der Waals surface area contributed by atoms with Crippen molar-refractivity contribution >= 4 is 37.5 Å². The lowest BCUT2D eigenvalue weighted by Gasteiger charge is -2.32. The summed E-state index contributed by atoms with van der Waals surface area (Å²) in [5.41, 5.74) is 1.35. The summed E-state index contributed by atoms with van der Waals surface area (Å²) < 4.78 is 35.5. The van der Waals surface area contributed by atoms with Gasteiger partial charge < -0.3 is 9.64 Å². The van der Waals surface area contributed by atoms with Gasteiger partial charge >= 0.3 is 0 Å². The number of carbonyl (C=O) groups is 1. The zero-order chi connectivity index (χ0) is 23.7. The zero-order valence-corrected chi connectivity index (χ0v) is 20.8. The van der Waals surface area contributed by atoms with Crippen LogP contribution in [-0.4, -0.2) is 50.5 Å². The molecule has 34 heavy (non-hydrogen) atoms. The lowest BCUT2D eigenvalue weighted by atomic mass is 9.98. The Morgan fingerprint density at radius 1 is 1.12 bits per heavy atom. The van der Waals surface area contributed by atoms with Crippen molar-refractivity contribution in [1.82, 2.24) is 14.6 Å². The number of likely N-dealkylation sites (tertiary alicyclic amines) is 1. The van der Waals surface area contributed by atoms with Gasteiger partial charge in [-0.25, -0.2) is 18.1 Å². The van der Waals surface area contributed by atoms with Gasteiger partial charge in [0.15, 0.2) is 0 Å². The van der Waals surface area contributed by atoms with Crippen LogP contribution < -0.4 is 9.46 Å². The number of aromatic nitrogens is 1. The number of nitrogens with one attached hydrogen (secondary N) is 1. The van der Waals surface area contributed by atoms with Crippen molar-refractivity contribution in [2.45, 2.75) is 55.4 Å². The minimum absolute atomic E-state index is 0.0208. The van der Waals surface area contributed by atoms with Crippen LogP contribution >= 0.6 is 11.3 Å². The Morgan fingerprint density at radius 2 is 1.91 bits per heavy atom. The van der Waals surface area contributed by atoms with Crippen molar-refractivity contribution in [2.75, 3.05) is 20.2 Å². The molecule has 0 radical (unpaired) electrons. The van der Waals surface area contributed by atoms with Gasteiger partial charge in [-0.05, 0) is 56.0 Å². The van der Waals surface area contributed by atoms with Gasteiger partial charge in [-0.3, -0.25) is 4.79 Å². The Hall–Kier alpha value is -2.49. The van der Waals surface area contributed by atoms with Gasteiger partial charge in [0.05, 0.1) is 22.3 Å². The molecule has 2 heterocycles. The van der Waals surface area contributed by atoms with Crippen LogP contribution in [0.4, 0.5) is 0 Å². The Bertz CT molecular complexity index is 1270. The number of carbonyl (C=O) groups excluding carboxylic acids is 1. The van der Waals surface area contributed by atoms with Gasteiger partial charge in [-0.1, -0.05) is 25.0 Å². The number of benzene rings is 2. The van der Waals surface area contributed by atoms with E-state index in [1.165, 1.54) is 13.2 Å². The molecule has 1 amide bonds. The van der Waals surface area contributed by atoms with Gasteiger partial charge in [0, 0.05) is 30.6 Å². The molecule has 0 spiro atoms. The summed E-state index contributed by atoms with van der Waals surface area (Å²) in [4.78, 5) is 20.1. The molecule has 9 heteroatoms. The van der Waals surface area contributed by atoms with Gasteiger partial charge in [0.25, 0.3) is 5.91 Å². The second kappa shape index (κ2) is 9.64. The maximum absolute atomic E-state index is 13.4. The highest BCUT2D eigenvalue weighted by Crippen LogP contribution is 2.34. The molecule has 1 N–H and O–H groups in total. The minimum atomic E-state index is -3.80. The maximum atomic E-state index is 13.4. The van der Waals surface area contributed by atoms with Crippen LogP contribution in [0.2, 0.25) is 0 Å². The number of fused-ring (bicyclic) bond motifs is 1. The normalized spacial score (nSPS) is 19.6. The fourth-order valence-electron chi connectivity index (χ4n) is 4.96. The van der Waals surface area contributed by atoms with Crippen molar-refractivity contribution in [3.05, 3.63) is 53.0 Å². The van der Waals surface area contributed by atoms with Crippen molar-refractivity contribution in [1.29, 1.82) is 0 Å². The first kappa shape index (κ1) is 23.3. The summed E-state index contributed by atoms with van der Waals surface area (Å²) in [5.74, 6) is 0.263. The summed E-state index contributed by atoms with van der Waals surface area (Å²) in [5, 5.41) is 1.05. The van der Waals surface area contributed by atoms with Gasteiger partial charge in [0.2, 0.25) is 10.0 Å². The minimum Gasteiger partial charge on any atom is -0.495 e. The average Bonchev–Trinajstić information content (AvgIpc) is 3.52. The van der Waals surface area contributed by atoms with Crippen LogP contribution in [0.15, 0.2) is 47.4 Å². The highest BCUT2D eigenvalue weighted by molar-refractivity contribution is 7.89. The summed E-state index contributed by atoms with van der Waals surface area (Å²) in [6.07, 6.45) is 5.58. The molecule has 0 bridgehead atoms. The SMILES string of the molecule is COc1ccc(C(=O)N2CCCC(c3nc4ccccc4s3)C2)cc1S(=O)(=O)NC1CCCC1. The van der Waals surface area contributed by atoms with Crippen LogP contribution in [0.1, 0.15) is 59.8 Å². The summed E-state index contributed by atoms with van der Waals surface area (Å²) in [6, 6.07) is 12.7. The van der Waals surface area contributed by atoms with Crippen molar-refractivity contribution in [3.8, 4) is 5.75 Å². The number of para-hydroxylation sites is 1. The van der Waals surface area contributed by atoms with Crippen LogP contribution in [0, 0.1) is 0 Å². The Labute approximate surface area is 204 Å². The van der Waals surface area contributed by atoms with Crippen molar-refractivity contribution < 1.29 is 17.9 Å². The fraction of sp³-hybridized carbons (Fsp3) is 0.440. The highest BCUT2D eigenvalue weighted by atomic mass is 32.2. The zero-order valence-electron chi connectivity index (χ0n) is 19.2. The molecule has 1 atom stereocenters. The summed E-state index contributed by atoms with van der Waals surface area (Å²) >= 11 is 1.69. The molecular formula is C25H29N3O4S2. The molecule has 3 aromatic rings. The molecule has 2 fully saturated rings. The lowest BCUT2D eigenvalue weighted by molar-refractivity contribution is 0.0707. The van der Waals surface area contributed by atoms with Crippen LogP contribution in [0.5, 0.6) is 5.75 Å². The fourth-order valence-corrected chi connectivity index (χ4v) is 7.55. The van der Waals surface area contributed by atoms with Crippen molar-refractivity contribution in [2.24, 2.45) is 0 Å². The monoisotopic (exact) mass is 499 g/mol. The standard InChI is InChI=1S/C25H29N3O4S2/c1-32-21-13-12-17(15-23(21)34(30,31)27-19-8-2-3-9-19)25(29)28-14-6-7-18(16-28)24-26-20-10-4-5-11-22(20)33-24/h4-5,10-13,15,18-19,27H,2-3,6-9,14,16H2,1H3. The molecule has 2 aromatic carbocycles. The predicted molar refractivity (Wildman–Crippen MR) is 133 cm³/mol. The number of rotatable bonds is 6. The molecule has 1 saturated carbocycles. The average molecular weight is 500 g/mol. The molecular weight excluding hydrogens is 470 g/mol. The third kappa shape index (κ3) is 4.69. The number of ether oxygens (including phenoxy) is 1. The number of hydrogen-bond donors (Lipinski definition) is 1. The van der Waals surface area contributed by atoms with Crippen molar-refractivity contribution in [3.63, 3.8) is 0 Å². The predicted octanol–water partition coefficient (Wildman–Crippen LogP) is 4.55. The molecule has 5 rings (SSSR count). The Morgan fingerprint density at radius 3 is 2.68 bits per heavy atom. The van der Waals surface area contributed by atoms with E-state index >= 15 is 0 Å². The van der Waals surface area contributed by atoms with Crippen LogP contribution in [-0.2, 0) is 10.0 Å². The summed E-state index contributed by atoms with van der Waals surface area (Å²) in [7, 11) is -2.35. The molecule has 1 aromatic heterocycles. The lowest BCUT2D eigenvalue weighted by Crippen LogP contribution is -2.39. The topological polar surface area (TPSA) is 88.6 Å². The van der Waals surface area contributed by atoms with E-state index < -0.39 is 10.0 Å². The molecule has 1 aliphatic carbocycles.